The molecule has 0 heterocycles. The number of benzene rings is 4. The fourth-order valence-corrected chi connectivity index (χ4v) is 7.55. The third-order valence-corrected chi connectivity index (χ3v) is 10.5. The normalized spacial score (nSPS) is 12.7. The molecule has 0 saturated carbocycles. The van der Waals surface area contributed by atoms with Gasteiger partial charge in [0.2, 0.25) is 0 Å². The molecule has 1 aliphatic rings. The third-order valence-electron chi connectivity index (χ3n) is 8.96. The van der Waals surface area contributed by atoms with Gasteiger partial charge in [0, 0.05) is 48.7 Å². The molecular formula is C41H44N3NaO6S2. The van der Waals surface area contributed by atoms with E-state index in [-0.39, 0.29) is 34.5 Å². The van der Waals surface area contributed by atoms with Crippen LogP contribution in [0.4, 0.5) is 11.4 Å². The molecule has 0 unspecified atom stereocenters. The average molecular weight is 762 g/mol. The Morgan fingerprint density at radius 3 is 2.00 bits per heavy atom. The molecular weight excluding hydrogens is 718 g/mol. The molecule has 12 heteroatoms. The first-order chi connectivity index (χ1) is 24.8. The predicted molar refractivity (Wildman–Crippen MR) is 207 cm³/mol. The SMILES string of the molecule is CCNc1ccc(C(=C2C=CC(=[N+](CC)Cc3cccc(CS(=O)(=O)[O-])c3)C=C2)c2ccc(N(CC)Cc3cccc(S(=O)(=O)[O-])c3)cc2)cc1C.[Na+]. The van der Waals surface area contributed by atoms with Crippen LogP contribution in [0.5, 0.6) is 0 Å². The van der Waals surface area contributed by atoms with Gasteiger partial charge in [-0.1, -0.05) is 48.5 Å². The summed E-state index contributed by atoms with van der Waals surface area (Å²) in [6, 6.07) is 28.1. The second-order valence-electron chi connectivity index (χ2n) is 12.7. The van der Waals surface area contributed by atoms with Crippen LogP contribution in [0.15, 0.2) is 126 Å². The summed E-state index contributed by atoms with van der Waals surface area (Å²) in [5, 5.41) is 3.42. The topological polar surface area (TPSA) is 133 Å². The molecule has 5 rings (SSSR count). The van der Waals surface area contributed by atoms with E-state index in [0.29, 0.717) is 25.2 Å². The maximum absolute atomic E-state index is 11.6. The first-order valence-corrected chi connectivity index (χ1v) is 20.2. The third kappa shape index (κ3) is 11.3. The van der Waals surface area contributed by atoms with E-state index in [0.717, 1.165) is 69.1 Å². The fraction of sp³-hybridized carbons (Fsp3) is 0.244. The minimum Gasteiger partial charge on any atom is -0.748 e. The standard InChI is InChI=1S/C41H45N3O6S2.Na/c1-5-42-40-23-18-36(24-30(40)4)41(35-16-21-38(22-17-35)44(7-3)28-32-11-9-13-39(26-32)52(48,49)50)34-14-19-37(20-15-34)43(6-2)27-31-10-8-12-33(25-31)29-51(45,46)47;/h8-26H,5-7,27-29H2,1-4H3,(H2,45,46,47,48,49,50);/q;+1/p-1. The number of allylic oxidation sites excluding steroid dienone is 5. The number of nitrogens with zero attached hydrogens (tertiary/aromatic N) is 2. The van der Waals surface area contributed by atoms with Crippen molar-refractivity contribution in [3.8, 4) is 0 Å². The van der Waals surface area contributed by atoms with Crippen LogP contribution in [0.2, 0.25) is 0 Å². The van der Waals surface area contributed by atoms with Gasteiger partial charge in [0.15, 0.2) is 12.3 Å². The molecule has 53 heavy (non-hydrogen) atoms. The Hall–Kier alpha value is -3.81. The van der Waals surface area contributed by atoms with Crippen molar-refractivity contribution in [2.75, 3.05) is 29.9 Å². The average Bonchev–Trinajstić information content (AvgIpc) is 3.11. The number of nitrogens with one attached hydrogen (secondary N) is 1. The number of hydrogen-bond acceptors (Lipinski definition) is 8. The Bertz CT molecular complexity index is 2260. The quantitative estimate of drug-likeness (QED) is 0.116. The Balaban J connectivity index is 0.00000627. The smallest absolute Gasteiger partial charge is 0.748 e. The predicted octanol–water partition coefficient (Wildman–Crippen LogP) is 4.01. The van der Waals surface area contributed by atoms with Crippen molar-refractivity contribution in [2.45, 2.75) is 51.4 Å². The summed E-state index contributed by atoms with van der Waals surface area (Å²) in [6.07, 6.45) is 8.41. The van der Waals surface area contributed by atoms with Crippen molar-refractivity contribution in [1.82, 2.24) is 0 Å². The first-order valence-electron chi connectivity index (χ1n) is 17.3. The molecule has 0 amide bonds. The van der Waals surface area contributed by atoms with Gasteiger partial charge in [-0.25, -0.2) is 21.4 Å². The monoisotopic (exact) mass is 761 g/mol. The zero-order valence-electron chi connectivity index (χ0n) is 30.9. The fourth-order valence-electron chi connectivity index (χ4n) is 6.42. The Kier molecular flexibility index (Phi) is 14.6. The van der Waals surface area contributed by atoms with E-state index >= 15 is 0 Å². The van der Waals surface area contributed by atoms with Gasteiger partial charge < -0.3 is 19.3 Å². The number of aryl methyl sites for hydroxylation is 1. The summed E-state index contributed by atoms with van der Waals surface area (Å²) < 4.78 is 71.0. The molecule has 272 valence electrons. The molecule has 0 radical (unpaired) electrons. The molecule has 0 fully saturated rings. The van der Waals surface area contributed by atoms with Crippen LogP contribution in [0.3, 0.4) is 0 Å². The molecule has 0 atom stereocenters. The Labute approximate surface area is 336 Å². The Morgan fingerprint density at radius 1 is 0.755 bits per heavy atom. The molecule has 4 aromatic rings. The van der Waals surface area contributed by atoms with Gasteiger partial charge in [-0.2, -0.15) is 0 Å². The van der Waals surface area contributed by atoms with E-state index < -0.39 is 26.0 Å². The van der Waals surface area contributed by atoms with Crippen LogP contribution in [0.1, 0.15) is 54.2 Å². The van der Waals surface area contributed by atoms with Crippen molar-refractivity contribution in [1.29, 1.82) is 0 Å². The van der Waals surface area contributed by atoms with E-state index in [1.807, 2.05) is 19.1 Å². The molecule has 0 aliphatic heterocycles. The van der Waals surface area contributed by atoms with Crippen LogP contribution in [-0.2, 0) is 39.1 Å². The van der Waals surface area contributed by atoms with Crippen molar-refractivity contribution in [3.63, 3.8) is 0 Å². The summed E-state index contributed by atoms with van der Waals surface area (Å²) in [4.78, 5) is 1.89. The summed E-state index contributed by atoms with van der Waals surface area (Å²) in [5.74, 6) is -0.532. The van der Waals surface area contributed by atoms with Gasteiger partial charge in [-0.05, 0) is 121 Å². The van der Waals surface area contributed by atoms with Gasteiger partial charge in [0.25, 0.3) is 0 Å². The van der Waals surface area contributed by atoms with Crippen molar-refractivity contribution in [3.05, 3.63) is 154 Å². The molecule has 1 N–H and O–H groups in total. The van der Waals surface area contributed by atoms with E-state index in [1.54, 1.807) is 24.3 Å². The first kappa shape index (κ1) is 41.9. The largest absolute Gasteiger partial charge is 1.00 e. The molecule has 4 aromatic carbocycles. The molecule has 1 aliphatic carbocycles. The van der Waals surface area contributed by atoms with Crippen molar-refractivity contribution >= 4 is 42.9 Å². The minimum absolute atomic E-state index is 0. The molecule has 0 bridgehead atoms. The summed E-state index contributed by atoms with van der Waals surface area (Å²) in [6.45, 7) is 11.5. The molecule has 0 aromatic heterocycles. The maximum Gasteiger partial charge on any atom is 1.00 e. The maximum atomic E-state index is 11.6. The van der Waals surface area contributed by atoms with Crippen molar-refractivity contribution < 1.29 is 60.1 Å². The van der Waals surface area contributed by atoms with E-state index in [9.17, 15) is 25.9 Å². The molecule has 9 nitrogen and oxygen atoms in total. The minimum atomic E-state index is -4.55. The second kappa shape index (κ2) is 18.5. The summed E-state index contributed by atoms with van der Waals surface area (Å²) >= 11 is 0. The van der Waals surface area contributed by atoms with Crippen LogP contribution in [-0.4, -0.2) is 55.9 Å². The van der Waals surface area contributed by atoms with E-state index in [4.69, 9.17) is 0 Å². The van der Waals surface area contributed by atoms with Gasteiger partial charge in [0.05, 0.1) is 20.8 Å². The molecule has 0 saturated heterocycles. The van der Waals surface area contributed by atoms with Crippen LogP contribution in [0.25, 0.3) is 5.57 Å². The van der Waals surface area contributed by atoms with E-state index in [2.05, 4.69) is 102 Å². The number of hydrogen-bond donors (Lipinski definition) is 1. The van der Waals surface area contributed by atoms with E-state index in [1.165, 1.54) is 12.1 Å². The van der Waals surface area contributed by atoms with Gasteiger partial charge in [-0.15, -0.1) is 0 Å². The Morgan fingerprint density at radius 2 is 1.40 bits per heavy atom. The second-order valence-corrected chi connectivity index (χ2v) is 15.5. The van der Waals surface area contributed by atoms with Crippen LogP contribution in [0, 0.1) is 6.92 Å². The zero-order valence-corrected chi connectivity index (χ0v) is 34.5. The number of anilines is 2. The van der Waals surface area contributed by atoms with Crippen LogP contribution < -0.4 is 39.8 Å². The van der Waals surface area contributed by atoms with Crippen LogP contribution >= 0.6 is 0 Å². The number of rotatable bonds is 14. The summed E-state index contributed by atoms with van der Waals surface area (Å²) in [7, 11) is -8.92. The molecule has 0 spiro atoms. The van der Waals surface area contributed by atoms with Gasteiger partial charge >= 0.3 is 29.6 Å². The van der Waals surface area contributed by atoms with Crippen molar-refractivity contribution in [2.24, 2.45) is 0 Å². The van der Waals surface area contributed by atoms with Gasteiger partial charge in [-0.3, -0.25) is 0 Å². The zero-order chi connectivity index (χ0) is 37.5. The van der Waals surface area contributed by atoms with Gasteiger partial charge in [0.1, 0.15) is 16.7 Å². The summed E-state index contributed by atoms with van der Waals surface area (Å²) in [5.41, 5.74) is 10.5.